The van der Waals surface area contributed by atoms with Gasteiger partial charge < -0.3 is 5.32 Å². The molecule has 0 aromatic heterocycles. The molecular weight excluding hydrogens is 170 g/mol. The molecule has 14 heavy (non-hydrogen) atoms. The maximum atomic E-state index is 3.44. The fourth-order valence-corrected chi connectivity index (χ4v) is 2.45. The molecule has 0 aromatic rings. The first-order valence-electron chi connectivity index (χ1n) is 5.96. The van der Waals surface area contributed by atoms with Crippen LogP contribution < -0.4 is 5.32 Å². The van der Waals surface area contributed by atoms with Crippen molar-refractivity contribution in [2.45, 2.75) is 39.0 Å². The van der Waals surface area contributed by atoms with Gasteiger partial charge >= 0.3 is 0 Å². The zero-order valence-corrected chi connectivity index (χ0v) is 9.18. The first-order chi connectivity index (χ1) is 6.88. The van der Waals surface area contributed by atoms with Gasteiger partial charge in [0.15, 0.2) is 0 Å². The third-order valence-corrected chi connectivity index (χ3v) is 3.49. The number of rotatable bonds is 3. The summed E-state index contributed by atoms with van der Waals surface area (Å²) in [6.07, 6.45) is 11.3. The van der Waals surface area contributed by atoms with Crippen molar-refractivity contribution in [2.24, 2.45) is 5.92 Å². The van der Waals surface area contributed by atoms with Crippen molar-refractivity contribution >= 4 is 0 Å². The molecule has 78 valence electrons. The quantitative estimate of drug-likeness (QED) is 0.723. The molecule has 1 heteroatoms. The maximum absolute atomic E-state index is 3.44. The number of allylic oxidation sites excluding steroid dienone is 4. The minimum absolute atomic E-state index is 0.915. The van der Waals surface area contributed by atoms with Crippen LogP contribution in [0.2, 0.25) is 0 Å². The minimum atomic E-state index is 0.915. The summed E-state index contributed by atoms with van der Waals surface area (Å²) in [5, 5.41) is 3.44. The first-order valence-corrected chi connectivity index (χ1v) is 5.96. The van der Waals surface area contributed by atoms with Gasteiger partial charge in [-0.2, -0.15) is 0 Å². The van der Waals surface area contributed by atoms with Crippen LogP contribution in [-0.2, 0) is 0 Å². The summed E-state index contributed by atoms with van der Waals surface area (Å²) in [5.41, 5.74) is 3.30. The molecule has 1 aliphatic heterocycles. The topological polar surface area (TPSA) is 12.0 Å². The fraction of sp³-hybridized carbons (Fsp3) is 0.692. The first kappa shape index (κ1) is 9.97. The Labute approximate surface area is 87.3 Å². The van der Waals surface area contributed by atoms with Gasteiger partial charge in [0.05, 0.1) is 0 Å². The molecular formula is C13H21N. The standard InChI is InChI=1S/C13H21N/c1-2-11-3-5-12(6-4-11)9-13-7-8-14-10-13/h3,5,13-14H,2,4,6-10H2,1H3. The fourth-order valence-electron chi connectivity index (χ4n) is 2.45. The van der Waals surface area contributed by atoms with E-state index in [9.17, 15) is 0 Å². The van der Waals surface area contributed by atoms with E-state index in [0.29, 0.717) is 0 Å². The maximum Gasteiger partial charge on any atom is -0.00170 e. The molecule has 1 saturated heterocycles. The highest BCUT2D eigenvalue weighted by molar-refractivity contribution is 5.24. The van der Waals surface area contributed by atoms with E-state index in [1.54, 1.807) is 11.1 Å². The third kappa shape index (κ3) is 2.48. The molecule has 0 aromatic carbocycles. The van der Waals surface area contributed by atoms with Crippen LogP contribution >= 0.6 is 0 Å². The summed E-state index contributed by atoms with van der Waals surface area (Å²) < 4.78 is 0. The Hall–Kier alpha value is -0.560. The van der Waals surface area contributed by atoms with Gasteiger partial charge in [0.25, 0.3) is 0 Å². The average Bonchev–Trinajstić information content (AvgIpc) is 2.72. The van der Waals surface area contributed by atoms with Gasteiger partial charge in [0.2, 0.25) is 0 Å². The Morgan fingerprint density at radius 2 is 2.07 bits per heavy atom. The third-order valence-electron chi connectivity index (χ3n) is 3.49. The average molecular weight is 191 g/mol. The van der Waals surface area contributed by atoms with Crippen molar-refractivity contribution in [3.05, 3.63) is 23.3 Å². The number of nitrogens with one attached hydrogen (secondary N) is 1. The Morgan fingerprint density at radius 3 is 2.64 bits per heavy atom. The van der Waals surface area contributed by atoms with Gasteiger partial charge in [-0.05, 0) is 51.1 Å². The molecule has 0 amide bonds. The zero-order chi connectivity index (χ0) is 9.80. The molecule has 1 fully saturated rings. The largest absolute Gasteiger partial charge is 0.316 e. The molecule has 0 radical (unpaired) electrons. The van der Waals surface area contributed by atoms with E-state index in [1.165, 1.54) is 45.2 Å². The van der Waals surface area contributed by atoms with E-state index in [1.807, 2.05) is 0 Å². The molecule has 1 atom stereocenters. The smallest absolute Gasteiger partial charge is 0.00170 e. The van der Waals surface area contributed by atoms with Gasteiger partial charge in [-0.1, -0.05) is 30.2 Å². The number of hydrogen-bond donors (Lipinski definition) is 1. The van der Waals surface area contributed by atoms with E-state index in [4.69, 9.17) is 0 Å². The van der Waals surface area contributed by atoms with Crippen LogP contribution in [0.4, 0.5) is 0 Å². The lowest BCUT2D eigenvalue weighted by Crippen LogP contribution is -2.09. The van der Waals surface area contributed by atoms with E-state index < -0.39 is 0 Å². The zero-order valence-electron chi connectivity index (χ0n) is 9.18. The van der Waals surface area contributed by atoms with Crippen LogP contribution in [-0.4, -0.2) is 13.1 Å². The van der Waals surface area contributed by atoms with Crippen LogP contribution in [0, 0.1) is 5.92 Å². The molecule has 1 aliphatic carbocycles. The Bertz CT molecular complexity index is 244. The predicted molar refractivity (Wildman–Crippen MR) is 61.3 cm³/mol. The number of hydrogen-bond acceptors (Lipinski definition) is 1. The lowest BCUT2D eigenvalue weighted by atomic mass is 9.90. The van der Waals surface area contributed by atoms with Crippen LogP contribution in [0.15, 0.2) is 23.3 Å². The molecule has 1 heterocycles. The summed E-state index contributed by atoms with van der Waals surface area (Å²) >= 11 is 0. The summed E-state index contributed by atoms with van der Waals surface area (Å²) in [6, 6.07) is 0. The summed E-state index contributed by atoms with van der Waals surface area (Å²) in [6.45, 7) is 4.72. The van der Waals surface area contributed by atoms with Crippen molar-refractivity contribution in [1.82, 2.24) is 5.32 Å². The molecule has 0 saturated carbocycles. The van der Waals surface area contributed by atoms with E-state index in [0.717, 1.165) is 5.92 Å². The molecule has 2 rings (SSSR count). The summed E-state index contributed by atoms with van der Waals surface area (Å²) in [5.74, 6) is 0.915. The van der Waals surface area contributed by atoms with Crippen LogP contribution in [0.3, 0.4) is 0 Å². The van der Waals surface area contributed by atoms with Crippen molar-refractivity contribution < 1.29 is 0 Å². The second-order valence-electron chi connectivity index (χ2n) is 4.57. The second-order valence-corrected chi connectivity index (χ2v) is 4.57. The Balaban J connectivity index is 1.86. The molecule has 0 bridgehead atoms. The lowest BCUT2D eigenvalue weighted by Gasteiger charge is -2.16. The highest BCUT2D eigenvalue weighted by Crippen LogP contribution is 2.27. The van der Waals surface area contributed by atoms with E-state index in [-0.39, 0.29) is 0 Å². The van der Waals surface area contributed by atoms with Crippen molar-refractivity contribution in [3.63, 3.8) is 0 Å². The molecule has 1 unspecified atom stereocenters. The molecule has 1 nitrogen and oxygen atoms in total. The minimum Gasteiger partial charge on any atom is -0.316 e. The van der Waals surface area contributed by atoms with Crippen molar-refractivity contribution in [1.29, 1.82) is 0 Å². The van der Waals surface area contributed by atoms with Gasteiger partial charge in [-0.25, -0.2) is 0 Å². The van der Waals surface area contributed by atoms with Crippen LogP contribution in [0.1, 0.15) is 39.0 Å². The van der Waals surface area contributed by atoms with Crippen molar-refractivity contribution in [2.75, 3.05) is 13.1 Å². The van der Waals surface area contributed by atoms with Crippen LogP contribution in [0.25, 0.3) is 0 Å². The molecule has 2 aliphatic rings. The van der Waals surface area contributed by atoms with E-state index in [2.05, 4.69) is 24.4 Å². The summed E-state index contributed by atoms with van der Waals surface area (Å²) in [7, 11) is 0. The molecule has 1 N–H and O–H groups in total. The summed E-state index contributed by atoms with van der Waals surface area (Å²) in [4.78, 5) is 0. The normalized spacial score (nSPS) is 27.4. The second kappa shape index (κ2) is 4.79. The highest BCUT2D eigenvalue weighted by Gasteiger charge is 2.16. The Morgan fingerprint density at radius 1 is 1.29 bits per heavy atom. The van der Waals surface area contributed by atoms with Gasteiger partial charge in [0.1, 0.15) is 0 Å². The molecule has 0 spiro atoms. The SMILES string of the molecule is CCC1=CC=C(CC2CCNC2)CC1. The Kier molecular flexibility index (Phi) is 3.41. The monoisotopic (exact) mass is 191 g/mol. The highest BCUT2D eigenvalue weighted by atomic mass is 14.9. The van der Waals surface area contributed by atoms with Crippen molar-refractivity contribution in [3.8, 4) is 0 Å². The van der Waals surface area contributed by atoms with E-state index >= 15 is 0 Å². The predicted octanol–water partition coefficient (Wildman–Crippen LogP) is 3.04. The van der Waals surface area contributed by atoms with Gasteiger partial charge in [-0.3, -0.25) is 0 Å². The van der Waals surface area contributed by atoms with Gasteiger partial charge in [-0.15, -0.1) is 0 Å². The lowest BCUT2D eigenvalue weighted by molar-refractivity contribution is 0.562. The van der Waals surface area contributed by atoms with Crippen LogP contribution in [0.5, 0.6) is 0 Å². The van der Waals surface area contributed by atoms with Gasteiger partial charge in [0, 0.05) is 0 Å².